The van der Waals surface area contributed by atoms with Crippen molar-refractivity contribution in [3.63, 3.8) is 0 Å². The van der Waals surface area contributed by atoms with Gasteiger partial charge in [0.1, 0.15) is 0 Å². The summed E-state index contributed by atoms with van der Waals surface area (Å²) in [6.45, 7) is 7.16. The Morgan fingerprint density at radius 1 is 1.39 bits per heavy atom. The van der Waals surface area contributed by atoms with E-state index < -0.39 is 0 Å². The van der Waals surface area contributed by atoms with Gasteiger partial charge in [-0.05, 0) is 33.1 Å². The second-order valence-corrected chi connectivity index (χ2v) is 6.75. The van der Waals surface area contributed by atoms with Crippen molar-refractivity contribution in [2.24, 2.45) is 7.05 Å². The van der Waals surface area contributed by atoms with Crippen LogP contribution in [0.25, 0.3) is 0 Å². The molecular formula is C17H26N4O2. The number of likely N-dealkylation sites (tertiary alicyclic amines) is 1. The van der Waals surface area contributed by atoms with Crippen LogP contribution in [0.15, 0.2) is 17.8 Å². The third kappa shape index (κ3) is 3.64. The average molecular weight is 318 g/mol. The molecule has 6 nitrogen and oxygen atoms in total. The summed E-state index contributed by atoms with van der Waals surface area (Å²) in [5.74, 6) is 0.0216. The van der Waals surface area contributed by atoms with Gasteiger partial charge < -0.3 is 10.1 Å². The van der Waals surface area contributed by atoms with Gasteiger partial charge in [-0.2, -0.15) is 5.10 Å². The van der Waals surface area contributed by atoms with Crippen LogP contribution in [0, 0.1) is 6.92 Å². The maximum atomic E-state index is 12.2. The fourth-order valence-corrected chi connectivity index (χ4v) is 3.37. The van der Waals surface area contributed by atoms with Gasteiger partial charge in [-0.1, -0.05) is 11.6 Å². The molecular weight excluding hydrogens is 292 g/mol. The van der Waals surface area contributed by atoms with Gasteiger partial charge in [-0.15, -0.1) is 0 Å². The zero-order valence-corrected chi connectivity index (χ0v) is 14.3. The van der Waals surface area contributed by atoms with Crippen molar-refractivity contribution in [2.45, 2.75) is 38.7 Å². The van der Waals surface area contributed by atoms with Crippen LogP contribution in [0.2, 0.25) is 0 Å². The summed E-state index contributed by atoms with van der Waals surface area (Å²) in [7, 11) is 1.87. The normalized spacial score (nSPS) is 21.3. The van der Waals surface area contributed by atoms with Gasteiger partial charge in [-0.3, -0.25) is 14.4 Å². The van der Waals surface area contributed by atoms with E-state index in [4.69, 9.17) is 4.74 Å². The molecule has 0 saturated carbocycles. The highest BCUT2D eigenvalue weighted by Gasteiger charge is 2.35. The minimum absolute atomic E-state index is 0.0216. The number of aromatic nitrogens is 2. The first kappa shape index (κ1) is 16.2. The Labute approximate surface area is 137 Å². The number of ether oxygens (including phenoxy) is 1. The third-order valence-corrected chi connectivity index (χ3v) is 4.97. The minimum Gasteiger partial charge on any atom is -0.370 e. The standard InChI is InChI=1S/C17H26N4O2/c1-13-4-9-23-17(10-13)5-7-21(8-6-17)12-16(22)19-15-11-18-20(3)14(15)2/h10-11H,4-9,12H2,1-3H3,(H,19,22). The van der Waals surface area contributed by atoms with Crippen molar-refractivity contribution in [3.05, 3.63) is 23.5 Å². The molecule has 2 aliphatic rings. The van der Waals surface area contributed by atoms with E-state index >= 15 is 0 Å². The molecule has 2 aliphatic heterocycles. The molecule has 3 heterocycles. The Bertz CT molecular complexity index is 612. The van der Waals surface area contributed by atoms with Crippen molar-refractivity contribution in [3.8, 4) is 0 Å². The van der Waals surface area contributed by atoms with E-state index in [2.05, 4.69) is 28.3 Å². The first-order valence-electron chi connectivity index (χ1n) is 8.30. The fourth-order valence-electron chi connectivity index (χ4n) is 3.37. The van der Waals surface area contributed by atoms with E-state index in [1.54, 1.807) is 10.9 Å². The maximum Gasteiger partial charge on any atom is 0.238 e. The Balaban J connectivity index is 1.51. The first-order valence-corrected chi connectivity index (χ1v) is 8.30. The van der Waals surface area contributed by atoms with Crippen LogP contribution in [0.4, 0.5) is 5.69 Å². The molecule has 1 aromatic heterocycles. The molecule has 3 rings (SSSR count). The zero-order chi connectivity index (χ0) is 16.4. The zero-order valence-electron chi connectivity index (χ0n) is 14.3. The maximum absolute atomic E-state index is 12.2. The predicted molar refractivity (Wildman–Crippen MR) is 89.3 cm³/mol. The quantitative estimate of drug-likeness (QED) is 0.864. The third-order valence-electron chi connectivity index (χ3n) is 4.97. The van der Waals surface area contributed by atoms with E-state index in [1.165, 1.54) is 5.57 Å². The molecule has 23 heavy (non-hydrogen) atoms. The van der Waals surface area contributed by atoms with E-state index in [0.29, 0.717) is 6.54 Å². The fraction of sp³-hybridized carbons (Fsp3) is 0.647. The highest BCUT2D eigenvalue weighted by atomic mass is 16.5. The van der Waals surface area contributed by atoms with E-state index in [-0.39, 0.29) is 11.5 Å². The number of anilines is 1. The summed E-state index contributed by atoms with van der Waals surface area (Å²) in [5, 5.41) is 7.09. The molecule has 0 unspecified atom stereocenters. The molecule has 6 heteroatoms. The molecule has 0 atom stereocenters. The van der Waals surface area contributed by atoms with Gasteiger partial charge in [0.05, 0.1) is 36.3 Å². The van der Waals surface area contributed by atoms with Crippen LogP contribution in [0.1, 0.15) is 31.9 Å². The Morgan fingerprint density at radius 3 is 2.74 bits per heavy atom. The number of hydrogen-bond acceptors (Lipinski definition) is 4. The van der Waals surface area contributed by atoms with Crippen molar-refractivity contribution in [1.82, 2.24) is 14.7 Å². The van der Waals surface area contributed by atoms with Crippen molar-refractivity contribution >= 4 is 11.6 Å². The van der Waals surface area contributed by atoms with Gasteiger partial charge in [0.15, 0.2) is 0 Å². The van der Waals surface area contributed by atoms with E-state index in [9.17, 15) is 4.79 Å². The van der Waals surface area contributed by atoms with Crippen LogP contribution in [0.5, 0.6) is 0 Å². The molecule has 0 radical (unpaired) electrons. The van der Waals surface area contributed by atoms with Gasteiger partial charge in [-0.25, -0.2) is 0 Å². The number of amides is 1. The highest BCUT2D eigenvalue weighted by Crippen LogP contribution is 2.32. The number of carbonyl (C=O) groups excluding carboxylic acids is 1. The van der Waals surface area contributed by atoms with Crippen molar-refractivity contribution < 1.29 is 9.53 Å². The molecule has 0 bridgehead atoms. The summed E-state index contributed by atoms with van der Waals surface area (Å²) in [5.41, 5.74) is 3.09. The molecule has 0 aromatic carbocycles. The predicted octanol–water partition coefficient (Wildman–Crippen LogP) is 1.87. The number of piperidine rings is 1. The van der Waals surface area contributed by atoms with Crippen LogP contribution in [-0.2, 0) is 16.6 Å². The molecule has 1 fully saturated rings. The van der Waals surface area contributed by atoms with E-state index in [0.717, 1.165) is 50.3 Å². The highest BCUT2D eigenvalue weighted by molar-refractivity contribution is 5.92. The topological polar surface area (TPSA) is 59.4 Å². The number of hydrogen-bond donors (Lipinski definition) is 1. The van der Waals surface area contributed by atoms with Gasteiger partial charge >= 0.3 is 0 Å². The summed E-state index contributed by atoms with van der Waals surface area (Å²) in [4.78, 5) is 14.4. The average Bonchev–Trinajstić information content (AvgIpc) is 2.82. The summed E-state index contributed by atoms with van der Waals surface area (Å²) < 4.78 is 7.79. The van der Waals surface area contributed by atoms with Crippen LogP contribution in [-0.4, -0.2) is 52.4 Å². The largest absolute Gasteiger partial charge is 0.370 e. The molecule has 0 aliphatic carbocycles. The van der Waals surface area contributed by atoms with Crippen molar-refractivity contribution in [2.75, 3.05) is 31.6 Å². The molecule has 1 amide bonds. The molecule has 1 aromatic rings. The SMILES string of the molecule is CC1=CC2(CCN(CC(=O)Nc3cnn(C)c3C)CC2)OCC1. The number of rotatable bonds is 3. The first-order chi connectivity index (χ1) is 11.0. The number of aryl methyl sites for hydroxylation is 1. The van der Waals surface area contributed by atoms with Crippen molar-refractivity contribution in [1.29, 1.82) is 0 Å². The van der Waals surface area contributed by atoms with Crippen LogP contribution < -0.4 is 5.32 Å². The summed E-state index contributed by atoms with van der Waals surface area (Å²) in [6.07, 6.45) is 6.96. The lowest BCUT2D eigenvalue weighted by atomic mass is 9.87. The molecule has 126 valence electrons. The number of carbonyl (C=O) groups is 1. The molecule has 1 saturated heterocycles. The van der Waals surface area contributed by atoms with Gasteiger partial charge in [0, 0.05) is 20.1 Å². The summed E-state index contributed by atoms with van der Waals surface area (Å²) in [6, 6.07) is 0. The minimum atomic E-state index is -0.0880. The Hall–Kier alpha value is -1.66. The number of nitrogens with zero attached hydrogens (tertiary/aromatic N) is 3. The Morgan fingerprint density at radius 2 is 2.13 bits per heavy atom. The van der Waals surface area contributed by atoms with E-state index in [1.807, 2.05) is 14.0 Å². The van der Waals surface area contributed by atoms with Crippen LogP contribution in [0.3, 0.4) is 0 Å². The smallest absolute Gasteiger partial charge is 0.238 e. The van der Waals surface area contributed by atoms with Crippen LogP contribution >= 0.6 is 0 Å². The van der Waals surface area contributed by atoms with Gasteiger partial charge in [0.2, 0.25) is 5.91 Å². The molecule has 1 N–H and O–H groups in total. The lowest BCUT2D eigenvalue weighted by molar-refractivity contribution is -0.119. The van der Waals surface area contributed by atoms with Gasteiger partial charge in [0.25, 0.3) is 0 Å². The molecule has 1 spiro atoms. The number of nitrogens with one attached hydrogen (secondary N) is 1. The lowest BCUT2D eigenvalue weighted by Crippen LogP contribution is -2.48. The second kappa shape index (κ2) is 6.45. The Kier molecular flexibility index (Phi) is 4.55. The second-order valence-electron chi connectivity index (χ2n) is 6.75. The summed E-state index contributed by atoms with van der Waals surface area (Å²) >= 11 is 0. The lowest BCUT2D eigenvalue weighted by Gasteiger charge is -2.42. The monoisotopic (exact) mass is 318 g/mol.